The van der Waals surface area contributed by atoms with Crippen molar-refractivity contribution in [1.82, 2.24) is 10.3 Å². The summed E-state index contributed by atoms with van der Waals surface area (Å²) < 4.78 is 6.01. The number of carbonyl (C=O) groups is 1. The van der Waals surface area contributed by atoms with Crippen LogP contribution >= 0.6 is 15.9 Å². The molecule has 1 saturated carbocycles. The highest BCUT2D eigenvalue weighted by Crippen LogP contribution is 2.21. The van der Waals surface area contributed by atoms with Crippen LogP contribution in [-0.2, 0) is 4.74 Å². The fraction of sp³-hybridized carbons (Fsp3) is 0.500. The molecule has 0 radical (unpaired) electrons. The lowest BCUT2D eigenvalue weighted by Gasteiger charge is -2.12. The first-order valence-electron chi connectivity index (χ1n) is 5.64. The molecular formula is C12H15BrN2O2. The van der Waals surface area contributed by atoms with E-state index in [4.69, 9.17) is 4.74 Å². The number of ether oxygens (including phenoxy) is 1. The second kappa shape index (κ2) is 5.60. The Kier molecular flexibility index (Phi) is 4.12. The fourth-order valence-electron chi connectivity index (χ4n) is 2.06. The average molecular weight is 299 g/mol. The molecule has 2 rings (SSSR count). The quantitative estimate of drug-likeness (QED) is 0.870. The topological polar surface area (TPSA) is 51.2 Å². The standard InChI is InChI=1S/C12H15BrN2O2/c1-17-10-4-3-9(6-10)15-12(16)8-2-5-11(13)14-7-8/h2,5,7,9-10H,3-4,6H2,1H3,(H,15,16). The number of rotatable bonds is 3. The predicted molar refractivity (Wildman–Crippen MR) is 67.8 cm³/mol. The van der Waals surface area contributed by atoms with E-state index in [0.717, 1.165) is 23.9 Å². The van der Waals surface area contributed by atoms with Gasteiger partial charge in [-0.2, -0.15) is 0 Å². The summed E-state index contributed by atoms with van der Waals surface area (Å²) in [6, 6.07) is 3.74. The van der Waals surface area contributed by atoms with E-state index >= 15 is 0 Å². The molecule has 0 bridgehead atoms. The van der Waals surface area contributed by atoms with Crippen molar-refractivity contribution in [2.45, 2.75) is 31.4 Å². The smallest absolute Gasteiger partial charge is 0.253 e. The van der Waals surface area contributed by atoms with Crippen molar-refractivity contribution in [3.63, 3.8) is 0 Å². The average Bonchev–Trinajstić information content (AvgIpc) is 2.77. The SMILES string of the molecule is COC1CCC(NC(=O)c2ccc(Br)nc2)C1. The van der Waals surface area contributed by atoms with Crippen LogP contribution in [-0.4, -0.2) is 30.1 Å². The third-order valence-electron chi connectivity index (χ3n) is 3.04. The second-order valence-electron chi connectivity index (χ2n) is 4.21. The first kappa shape index (κ1) is 12.5. The molecule has 4 nitrogen and oxygen atoms in total. The van der Waals surface area contributed by atoms with E-state index in [0.29, 0.717) is 5.56 Å². The predicted octanol–water partition coefficient (Wildman–Crippen LogP) is 2.14. The highest BCUT2D eigenvalue weighted by Gasteiger charge is 2.25. The monoisotopic (exact) mass is 298 g/mol. The molecule has 2 atom stereocenters. The number of aromatic nitrogens is 1. The summed E-state index contributed by atoms with van der Waals surface area (Å²) in [5, 5.41) is 3.00. The van der Waals surface area contributed by atoms with Crippen molar-refractivity contribution in [1.29, 1.82) is 0 Å². The van der Waals surface area contributed by atoms with Gasteiger partial charge in [0, 0.05) is 19.3 Å². The summed E-state index contributed by atoms with van der Waals surface area (Å²) in [6.07, 6.45) is 4.74. The largest absolute Gasteiger partial charge is 0.381 e. The van der Waals surface area contributed by atoms with Gasteiger partial charge in [-0.25, -0.2) is 4.98 Å². The van der Waals surface area contributed by atoms with E-state index < -0.39 is 0 Å². The molecule has 0 aliphatic heterocycles. The molecule has 92 valence electrons. The molecule has 1 aromatic rings. The van der Waals surface area contributed by atoms with Gasteiger partial charge in [0.25, 0.3) is 5.91 Å². The van der Waals surface area contributed by atoms with E-state index in [1.807, 2.05) is 0 Å². The first-order chi connectivity index (χ1) is 8.19. The van der Waals surface area contributed by atoms with Crippen LogP contribution in [0.2, 0.25) is 0 Å². The maximum absolute atomic E-state index is 11.9. The molecule has 1 N–H and O–H groups in total. The molecule has 1 heterocycles. The van der Waals surface area contributed by atoms with Crippen LogP contribution in [0.4, 0.5) is 0 Å². The van der Waals surface area contributed by atoms with Gasteiger partial charge < -0.3 is 10.1 Å². The molecule has 1 aliphatic rings. The van der Waals surface area contributed by atoms with Gasteiger partial charge in [-0.1, -0.05) is 0 Å². The maximum Gasteiger partial charge on any atom is 0.253 e. The Morgan fingerprint density at radius 3 is 2.94 bits per heavy atom. The Hall–Kier alpha value is -0.940. The molecule has 1 amide bonds. The lowest BCUT2D eigenvalue weighted by molar-refractivity contribution is 0.0914. The van der Waals surface area contributed by atoms with Crippen molar-refractivity contribution < 1.29 is 9.53 Å². The minimum atomic E-state index is -0.0632. The fourth-order valence-corrected chi connectivity index (χ4v) is 2.30. The van der Waals surface area contributed by atoms with Crippen molar-refractivity contribution in [2.75, 3.05) is 7.11 Å². The Morgan fingerprint density at radius 1 is 1.53 bits per heavy atom. The molecule has 5 heteroatoms. The minimum absolute atomic E-state index is 0.0632. The van der Waals surface area contributed by atoms with Crippen LogP contribution < -0.4 is 5.32 Å². The maximum atomic E-state index is 11.9. The van der Waals surface area contributed by atoms with Crippen LogP contribution in [0.15, 0.2) is 22.9 Å². The second-order valence-corrected chi connectivity index (χ2v) is 5.02. The highest BCUT2D eigenvalue weighted by atomic mass is 79.9. The van der Waals surface area contributed by atoms with Crippen molar-refractivity contribution >= 4 is 21.8 Å². The summed E-state index contributed by atoms with van der Waals surface area (Å²) in [6.45, 7) is 0. The van der Waals surface area contributed by atoms with E-state index in [1.165, 1.54) is 0 Å². The van der Waals surface area contributed by atoms with Crippen molar-refractivity contribution in [3.8, 4) is 0 Å². The van der Waals surface area contributed by atoms with E-state index in [-0.39, 0.29) is 18.1 Å². The number of hydrogen-bond acceptors (Lipinski definition) is 3. The number of methoxy groups -OCH3 is 1. The summed E-state index contributed by atoms with van der Waals surface area (Å²) in [5.41, 5.74) is 0.592. The Balaban J connectivity index is 1.91. The third-order valence-corrected chi connectivity index (χ3v) is 3.51. The number of halogens is 1. The molecule has 1 aromatic heterocycles. The molecular weight excluding hydrogens is 284 g/mol. The van der Waals surface area contributed by atoms with Crippen LogP contribution in [0.25, 0.3) is 0 Å². The number of pyridine rings is 1. The number of amides is 1. The van der Waals surface area contributed by atoms with Crippen LogP contribution in [0, 0.1) is 0 Å². The zero-order valence-corrected chi connectivity index (χ0v) is 11.2. The number of nitrogens with zero attached hydrogens (tertiary/aromatic N) is 1. The number of carbonyl (C=O) groups excluding carboxylic acids is 1. The van der Waals surface area contributed by atoms with Gasteiger partial charge in [-0.15, -0.1) is 0 Å². The lowest BCUT2D eigenvalue weighted by atomic mass is 10.2. The first-order valence-corrected chi connectivity index (χ1v) is 6.43. The normalized spacial score (nSPS) is 23.6. The molecule has 0 saturated heterocycles. The van der Waals surface area contributed by atoms with E-state index in [1.54, 1.807) is 25.4 Å². The molecule has 1 aliphatic carbocycles. The molecule has 2 unspecified atom stereocenters. The third kappa shape index (κ3) is 3.26. The molecule has 1 fully saturated rings. The van der Waals surface area contributed by atoms with Gasteiger partial charge in [-0.3, -0.25) is 4.79 Å². The van der Waals surface area contributed by atoms with Crippen LogP contribution in [0.3, 0.4) is 0 Å². The minimum Gasteiger partial charge on any atom is -0.381 e. The summed E-state index contributed by atoms with van der Waals surface area (Å²) in [7, 11) is 1.72. The van der Waals surface area contributed by atoms with Crippen molar-refractivity contribution in [2.24, 2.45) is 0 Å². The summed E-state index contributed by atoms with van der Waals surface area (Å²) in [4.78, 5) is 15.9. The molecule has 0 aromatic carbocycles. The van der Waals surface area contributed by atoms with Gasteiger partial charge >= 0.3 is 0 Å². The highest BCUT2D eigenvalue weighted by molar-refractivity contribution is 9.10. The van der Waals surface area contributed by atoms with Crippen molar-refractivity contribution in [3.05, 3.63) is 28.5 Å². The summed E-state index contributed by atoms with van der Waals surface area (Å²) in [5.74, 6) is -0.0632. The Morgan fingerprint density at radius 2 is 2.35 bits per heavy atom. The zero-order chi connectivity index (χ0) is 12.3. The summed E-state index contributed by atoms with van der Waals surface area (Å²) >= 11 is 3.24. The zero-order valence-electron chi connectivity index (χ0n) is 9.65. The molecule has 0 spiro atoms. The van der Waals surface area contributed by atoms with Gasteiger partial charge in [-0.05, 0) is 47.3 Å². The Labute approximate surface area is 109 Å². The van der Waals surface area contributed by atoms with Gasteiger partial charge in [0.2, 0.25) is 0 Å². The van der Waals surface area contributed by atoms with Crippen LogP contribution in [0.1, 0.15) is 29.6 Å². The van der Waals surface area contributed by atoms with E-state index in [9.17, 15) is 4.79 Å². The number of nitrogens with one attached hydrogen (secondary N) is 1. The Bertz CT molecular complexity index is 394. The molecule has 17 heavy (non-hydrogen) atoms. The van der Waals surface area contributed by atoms with Crippen LogP contribution in [0.5, 0.6) is 0 Å². The number of hydrogen-bond donors (Lipinski definition) is 1. The van der Waals surface area contributed by atoms with E-state index in [2.05, 4.69) is 26.2 Å². The van der Waals surface area contributed by atoms with Gasteiger partial charge in [0.15, 0.2) is 0 Å². The lowest BCUT2D eigenvalue weighted by Crippen LogP contribution is -2.33. The van der Waals surface area contributed by atoms with Gasteiger partial charge in [0.1, 0.15) is 4.60 Å². The van der Waals surface area contributed by atoms with Gasteiger partial charge in [0.05, 0.1) is 11.7 Å².